The lowest BCUT2D eigenvalue weighted by Crippen LogP contribution is -2.26. The van der Waals surface area contributed by atoms with E-state index in [1.807, 2.05) is 29.9 Å². The number of amides is 1. The second-order valence-corrected chi connectivity index (χ2v) is 4.43. The summed E-state index contributed by atoms with van der Waals surface area (Å²) < 4.78 is 6.68. The number of aliphatic hydroxyl groups excluding tert-OH is 1. The minimum Gasteiger partial charge on any atom is -0.387 e. The van der Waals surface area contributed by atoms with Gasteiger partial charge < -0.3 is 19.5 Å². The normalized spacial score (nSPS) is 12.4. The van der Waals surface area contributed by atoms with Gasteiger partial charge >= 0.3 is 0 Å². The smallest absolute Gasteiger partial charge is 0.273 e. The molecule has 0 fully saturated rings. The highest BCUT2D eigenvalue weighted by molar-refractivity contribution is 5.92. The van der Waals surface area contributed by atoms with Crippen LogP contribution in [0.5, 0.6) is 0 Å². The number of hydrogen-bond donors (Lipinski definition) is 2. The predicted molar refractivity (Wildman–Crippen MR) is 68.6 cm³/mol. The molecule has 0 aliphatic heterocycles. The van der Waals surface area contributed by atoms with E-state index in [1.165, 1.54) is 0 Å². The topological polar surface area (TPSA) is 80.3 Å². The van der Waals surface area contributed by atoms with Gasteiger partial charge in [-0.05, 0) is 25.5 Å². The molecule has 1 unspecified atom stereocenters. The molecular weight excluding hydrogens is 246 g/mol. The molecule has 0 aliphatic rings. The van der Waals surface area contributed by atoms with Gasteiger partial charge in [0, 0.05) is 31.5 Å². The molecule has 1 atom stereocenters. The van der Waals surface area contributed by atoms with E-state index in [0.717, 1.165) is 5.69 Å². The predicted octanol–water partition coefficient (Wildman–Crippen LogP) is 1.18. The van der Waals surface area contributed by atoms with E-state index in [2.05, 4.69) is 10.5 Å². The summed E-state index contributed by atoms with van der Waals surface area (Å²) in [6, 6.07) is 5.30. The van der Waals surface area contributed by atoms with E-state index < -0.39 is 6.10 Å². The average molecular weight is 263 g/mol. The van der Waals surface area contributed by atoms with Crippen molar-refractivity contribution in [3.05, 3.63) is 41.5 Å². The minimum absolute atomic E-state index is 0.255. The standard InChI is InChI=1S/C13H17N3O3/c1-9-8-10(15-19-9)13(18)14-6-5-12(17)11-4-3-7-16(11)2/h3-4,7-8,12,17H,5-6H2,1-2H3,(H,14,18). The number of hydrogen-bond acceptors (Lipinski definition) is 4. The maximum absolute atomic E-state index is 11.7. The Kier molecular flexibility index (Phi) is 4.01. The Balaban J connectivity index is 1.81. The quantitative estimate of drug-likeness (QED) is 0.848. The van der Waals surface area contributed by atoms with Gasteiger partial charge in [-0.15, -0.1) is 0 Å². The number of rotatable bonds is 5. The zero-order valence-corrected chi connectivity index (χ0v) is 11.0. The highest BCUT2D eigenvalue weighted by Crippen LogP contribution is 2.15. The fourth-order valence-corrected chi connectivity index (χ4v) is 1.85. The molecule has 0 saturated heterocycles. The van der Waals surface area contributed by atoms with Crippen molar-refractivity contribution in [3.8, 4) is 0 Å². The van der Waals surface area contributed by atoms with E-state index >= 15 is 0 Å². The van der Waals surface area contributed by atoms with E-state index in [1.54, 1.807) is 13.0 Å². The second kappa shape index (κ2) is 5.71. The molecular formula is C13H17N3O3. The van der Waals surface area contributed by atoms with Crippen molar-refractivity contribution in [1.29, 1.82) is 0 Å². The van der Waals surface area contributed by atoms with Crippen molar-refractivity contribution < 1.29 is 14.4 Å². The molecule has 0 aliphatic carbocycles. The summed E-state index contributed by atoms with van der Waals surface area (Å²) in [6.07, 6.45) is 1.72. The van der Waals surface area contributed by atoms with Gasteiger partial charge in [0.1, 0.15) is 5.76 Å². The van der Waals surface area contributed by atoms with Crippen LogP contribution in [0.25, 0.3) is 0 Å². The first-order valence-electron chi connectivity index (χ1n) is 6.08. The maximum atomic E-state index is 11.7. The SMILES string of the molecule is Cc1cc(C(=O)NCCC(O)c2cccn2C)no1. The first-order chi connectivity index (χ1) is 9.08. The fourth-order valence-electron chi connectivity index (χ4n) is 1.85. The van der Waals surface area contributed by atoms with Crippen LogP contribution < -0.4 is 5.32 Å². The minimum atomic E-state index is -0.598. The lowest BCUT2D eigenvalue weighted by Gasteiger charge is -2.12. The molecule has 2 rings (SSSR count). The number of aryl methyl sites for hydroxylation is 2. The summed E-state index contributed by atoms with van der Waals surface area (Å²) in [4.78, 5) is 11.7. The van der Waals surface area contributed by atoms with Gasteiger partial charge in [-0.2, -0.15) is 0 Å². The lowest BCUT2D eigenvalue weighted by atomic mass is 10.2. The van der Waals surface area contributed by atoms with Crippen molar-refractivity contribution in [1.82, 2.24) is 15.0 Å². The number of carbonyl (C=O) groups is 1. The second-order valence-electron chi connectivity index (χ2n) is 4.43. The highest BCUT2D eigenvalue weighted by Gasteiger charge is 2.13. The molecule has 2 heterocycles. The third-order valence-corrected chi connectivity index (χ3v) is 2.89. The maximum Gasteiger partial charge on any atom is 0.273 e. The molecule has 0 spiro atoms. The van der Waals surface area contributed by atoms with Gasteiger partial charge in [-0.3, -0.25) is 4.79 Å². The Morgan fingerprint density at radius 2 is 2.42 bits per heavy atom. The summed E-state index contributed by atoms with van der Waals surface area (Å²) >= 11 is 0. The fraction of sp³-hybridized carbons (Fsp3) is 0.385. The molecule has 1 amide bonds. The molecule has 0 saturated carbocycles. The molecule has 6 heteroatoms. The zero-order chi connectivity index (χ0) is 13.8. The van der Waals surface area contributed by atoms with Gasteiger partial charge in [0.25, 0.3) is 5.91 Å². The van der Waals surface area contributed by atoms with Crippen molar-refractivity contribution in [2.75, 3.05) is 6.54 Å². The first-order valence-corrected chi connectivity index (χ1v) is 6.08. The average Bonchev–Trinajstić information content (AvgIpc) is 2.97. The van der Waals surface area contributed by atoms with Gasteiger partial charge in [0.15, 0.2) is 5.69 Å². The van der Waals surface area contributed by atoms with Crippen LogP contribution in [0.1, 0.15) is 34.5 Å². The van der Waals surface area contributed by atoms with Crippen LogP contribution in [-0.4, -0.2) is 27.3 Å². The number of carbonyl (C=O) groups excluding carboxylic acids is 1. The van der Waals surface area contributed by atoms with Gasteiger partial charge in [0.2, 0.25) is 0 Å². The van der Waals surface area contributed by atoms with E-state index in [0.29, 0.717) is 18.7 Å². The summed E-state index contributed by atoms with van der Waals surface area (Å²) in [5.41, 5.74) is 1.08. The summed E-state index contributed by atoms with van der Waals surface area (Å²) in [5, 5.41) is 16.3. The lowest BCUT2D eigenvalue weighted by molar-refractivity contribution is 0.0932. The van der Waals surface area contributed by atoms with Crippen molar-refractivity contribution in [2.45, 2.75) is 19.4 Å². The van der Waals surface area contributed by atoms with Crippen molar-refractivity contribution in [3.63, 3.8) is 0 Å². The molecule has 0 radical (unpaired) electrons. The van der Waals surface area contributed by atoms with Gasteiger partial charge in [0.05, 0.1) is 6.10 Å². The number of aliphatic hydroxyl groups is 1. The van der Waals surface area contributed by atoms with Gasteiger partial charge in [-0.1, -0.05) is 5.16 Å². The number of aromatic nitrogens is 2. The first kappa shape index (κ1) is 13.4. The Bertz CT molecular complexity index is 559. The highest BCUT2D eigenvalue weighted by atomic mass is 16.5. The monoisotopic (exact) mass is 263 g/mol. The molecule has 0 aromatic carbocycles. The van der Waals surface area contributed by atoms with Crippen LogP contribution >= 0.6 is 0 Å². The molecule has 6 nitrogen and oxygen atoms in total. The third kappa shape index (κ3) is 3.23. The Morgan fingerprint density at radius 1 is 1.63 bits per heavy atom. The number of nitrogens with zero attached hydrogens (tertiary/aromatic N) is 2. The van der Waals surface area contributed by atoms with E-state index in [9.17, 15) is 9.90 Å². The van der Waals surface area contributed by atoms with Crippen LogP contribution in [-0.2, 0) is 7.05 Å². The van der Waals surface area contributed by atoms with Crippen LogP contribution in [0, 0.1) is 6.92 Å². The zero-order valence-electron chi connectivity index (χ0n) is 11.0. The van der Waals surface area contributed by atoms with Crippen molar-refractivity contribution in [2.24, 2.45) is 7.05 Å². The third-order valence-electron chi connectivity index (χ3n) is 2.89. The number of nitrogens with one attached hydrogen (secondary N) is 1. The largest absolute Gasteiger partial charge is 0.387 e. The molecule has 0 bridgehead atoms. The molecule has 2 N–H and O–H groups in total. The van der Waals surface area contributed by atoms with Crippen LogP contribution in [0.2, 0.25) is 0 Å². The Morgan fingerprint density at radius 3 is 3.00 bits per heavy atom. The van der Waals surface area contributed by atoms with Crippen LogP contribution in [0.4, 0.5) is 0 Å². The summed E-state index contributed by atoms with van der Waals surface area (Å²) in [5.74, 6) is 0.296. The van der Waals surface area contributed by atoms with Crippen LogP contribution in [0.3, 0.4) is 0 Å². The van der Waals surface area contributed by atoms with Crippen LogP contribution in [0.15, 0.2) is 28.9 Å². The van der Waals surface area contributed by atoms with E-state index in [-0.39, 0.29) is 11.6 Å². The Labute approximate surface area is 111 Å². The summed E-state index contributed by atoms with van der Waals surface area (Å²) in [7, 11) is 1.87. The Hall–Kier alpha value is -2.08. The van der Waals surface area contributed by atoms with E-state index in [4.69, 9.17) is 4.52 Å². The molecule has 2 aromatic heterocycles. The van der Waals surface area contributed by atoms with Gasteiger partial charge in [-0.25, -0.2) is 0 Å². The molecule has 19 heavy (non-hydrogen) atoms. The summed E-state index contributed by atoms with van der Waals surface area (Å²) in [6.45, 7) is 2.10. The molecule has 102 valence electrons. The van der Waals surface area contributed by atoms with Crippen molar-refractivity contribution >= 4 is 5.91 Å². The molecule has 2 aromatic rings.